The van der Waals surface area contributed by atoms with Crippen molar-refractivity contribution < 1.29 is 29.3 Å². The summed E-state index contributed by atoms with van der Waals surface area (Å²) in [4.78, 5) is 24.7. The number of carbonyl (C=O) groups excluding carboxylic acids is 2. The van der Waals surface area contributed by atoms with E-state index in [1.165, 1.54) is 302 Å². The highest BCUT2D eigenvalue weighted by Crippen LogP contribution is 2.25. The van der Waals surface area contributed by atoms with Gasteiger partial charge in [-0.25, -0.2) is 0 Å². The molecular weight excluding hydrogens is 853 g/mol. The van der Waals surface area contributed by atoms with E-state index in [-0.39, 0.29) is 19.6 Å². The lowest BCUT2D eigenvalue weighted by Crippen LogP contribution is -2.40. The van der Waals surface area contributed by atoms with Gasteiger partial charge in [-0.05, 0) is 32.1 Å². The largest absolute Gasteiger partial charge is 0.465 e. The molecule has 0 bridgehead atoms. The molecule has 0 saturated carbocycles. The highest BCUT2D eigenvalue weighted by atomic mass is 16.6. The van der Waals surface area contributed by atoms with Crippen LogP contribution in [0.2, 0.25) is 0 Å². The Labute approximate surface area is 430 Å². The summed E-state index contributed by atoms with van der Waals surface area (Å²) in [6, 6.07) is 0. The zero-order chi connectivity index (χ0) is 49.7. The van der Waals surface area contributed by atoms with Gasteiger partial charge < -0.3 is 19.7 Å². The first-order valence-electron chi connectivity index (χ1n) is 31.3. The first-order chi connectivity index (χ1) is 34.1. The van der Waals surface area contributed by atoms with Crippen LogP contribution >= 0.6 is 0 Å². The van der Waals surface area contributed by atoms with E-state index < -0.39 is 36.5 Å². The number of unbranched alkanes of at least 4 members (excludes halogenated alkanes) is 48. The van der Waals surface area contributed by atoms with Crippen LogP contribution in [0, 0.1) is 11.3 Å². The molecule has 1 unspecified atom stereocenters. The van der Waals surface area contributed by atoms with Gasteiger partial charge in [-0.3, -0.25) is 9.59 Å². The lowest BCUT2D eigenvalue weighted by molar-refractivity contribution is -0.155. The van der Waals surface area contributed by atoms with Crippen molar-refractivity contribution >= 4 is 11.9 Å². The van der Waals surface area contributed by atoms with Gasteiger partial charge in [-0.2, -0.15) is 0 Å². The third-order valence-corrected chi connectivity index (χ3v) is 15.5. The summed E-state index contributed by atoms with van der Waals surface area (Å²) in [7, 11) is 0. The molecule has 1 saturated heterocycles. The average Bonchev–Trinajstić information content (AvgIpc) is 3.41. The van der Waals surface area contributed by atoms with Crippen LogP contribution in [-0.4, -0.2) is 48.6 Å². The molecule has 1 atom stereocenters. The molecule has 0 spiro atoms. The number of cyclic esters (lactones) is 2. The van der Waals surface area contributed by atoms with E-state index in [1.807, 2.05) is 0 Å². The summed E-state index contributed by atoms with van der Waals surface area (Å²) >= 11 is 0. The Balaban J connectivity index is 1.68. The van der Waals surface area contributed by atoms with Gasteiger partial charge in [-0.1, -0.05) is 314 Å². The highest BCUT2D eigenvalue weighted by Gasteiger charge is 2.36. The molecule has 408 valence electrons. The van der Waals surface area contributed by atoms with Crippen LogP contribution < -0.4 is 0 Å². The van der Waals surface area contributed by atoms with E-state index in [0.29, 0.717) is 6.42 Å². The second-order valence-electron chi connectivity index (χ2n) is 22.4. The minimum atomic E-state index is -1.12. The SMILES string of the molecule is CCCCCCCCCCCCC/C=C/CCCCCCCCCCCCCCCCCCCCCCCCCCCCCCCCCCCCCCCC1CC(=O)OCC(CO)(CO)COC1=O. The molecule has 1 rings (SSSR count). The number of aliphatic hydroxyl groups excluding tert-OH is 2. The highest BCUT2D eigenvalue weighted by molar-refractivity contribution is 5.80. The third-order valence-electron chi connectivity index (χ3n) is 15.5. The Morgan fingerprint density at radius 1 is 0.377 bits per heavy atom. The van der Waals surface area contributed by atoms with Gasteiger partial charge >= 0.3 is 11.9 Å². The summed E-state index contributed by atoms with van der Waals surface area (Å²) in [6.07, 6.45) is 75.7. The number of hydrogen-bond acceptors (Lipinski definition) is 6. The molecule has 0 amide bonds. The second kappa shape index (κ2) is 52.9. The Kier molecular flexibility index (Phi) is 50.3. The van der Waals surface area contributed by atoms with Crippen LogP contribution in [-0.2, 0) is 19.1 Å². The van der Waals surface area contributed by atoms with Crippen molar-refractivity contribution in [2.75, 3.05) is 26.4 Å². The molecular formula is C63H120O6. The molecule has 1 aliphatic heterocycles. The minimum absolute atomic E-state index is 0.00501. The van der Waals surface area contributed by atoms with Gasteiger partial charge in [0.1, 0.15) is 13.2 Å². The maximum absolute atomic E-state index is 12.5. The standard InChI is InChI=1S/C63H120O6/c1-2-3-4-5-6-7-8-9-10-11-12-13-14-15-16-17-18-19-20-21-22-23-24-25-26-27-28-29-30-31-32-33-34-35-36-37-38-39-40-41-42-43-44-45-46-47-48-49-50-51-52-53-54-60-55-61(66)68-58-63(56-64,57-65)59-69-62(60)67/h14-15,60,64-65H,2-13,16-59H2,1H3/b15-14+. The van der Waals surface area contributed by atoms with E-state index in [1.54, 1.807) is 0 Å². The topological polar surface area (TPSA) is 93.1 Å². The summed E-state index contributed by atoms with van der Waals surface area (Å²) in [5, 5.41) is 19.2. The van der Waals surface area contributed by atoms with Crippen LogP contribution in [0.1, 0.15) is 341 Å². The number of aliphatic hydroxyl groups is 2. The van der Waals surface area contributed by atoms with Crippen molar-refractivity contribution in [3.05, 3.63) is 12.2 Å². The van der Waals surface area contributed by atoms with Gasteiger partial charge in [0, 0.05) is 0 Å². The molecule has 1 heterocycles. The van der Waals surface area contributed by atoms with Gasteiger partial charge in [-0.15, -0.1) is 0 Å². The lowest BCUT2D eigenvalue weighted by atomic mass is 9.92. The summed E-state index contributed by atoms with van der Waals surface area (Å²) < 4.78 is 10.6. The zero-order valence-corrected chi connectivity index (χ0v) is 46.4. The van der Waals surface area contributed by atoms with E-state index >= 15 is 0 Å². The van der Waals surface area contributed by atoms with Crippen molar-refractivity contribution in [1.29, 1.82) is 0 Å². The summed E-state index contributed by atoms with van der Waals surface area (Å²) in [6.45, 7) is 1.21. The predicted molar refractivity (Wildman–Crippen MR) is 297 cm³/mol. The molecule has 69 heavy (non-hydrogen) atoms. The van der Waals surface area contributed by atoms with Crippen molar-refractivity contribution in [1.82, 2.24) is 0 Å². The summed E-state index contributed by atoms with van der Waals surface area (Å²) in [5.41, 5.74) is -1.12. The van der Waals surface area contributed by atoms with Gasteiger partial charge in [0.2, 0.25) is 0 Å². The lowest BCUT2D eigenvalue weighted by Gasteiger charge is -2.27. The molecule has 0 radical (unpaired) electrons. The van der Waals surface area contributed by atoms with E-state index in [0.717, 1.165) is 19.3 Å². The van der Waals surface area contributed by atoms with Crippen LogP contribution in [0.25, 0.3) is 0 Å². The Morgan fingerprint density at radius 3 is 0.899 bits per heavy atom. The normalized spacial score (nSPS) is 15.4. The van der Waals surface area contributed by atoms with Crippen LogP contribution in [0.3, 0.4) is 0 Å². The van der Waals surface area contributed by atoms with Crippen LogP contribution in [0.5, 0.6) is 0 Å². The maximum atomic E-state index is 12.5. The molecule has 6 nitrogen and oxygen atoms in total. The van der Waals surface area contributed by atoms with Crippen LogP contribution in [0.15, 0.2) is 12.2 Å². The molecule has 0 aliphatic carbocycles. The molecule has 2 N–H and O–H groups in total. The Bertz CT molecular complexity index is 1090. The van der Waals surface area contributed by atoms with E-state index in [4.69, 9.17) is 9.47 Å². The monoisotopic (exact) mass is 973 g/mol. The van der Waals surface area contributed by atoms with Gasteiger partial charge in [0.05, 0.1) is 31.0 Å². The number of esters is 2. The molecule has 1 fully saturated rings. The number of hydrogen-bond donors (Lipinski definition) is 2. The second-order valence-corrected chi connectivity index (χ2v) is 22.4. The molecule has 6 heteroatoms. The maximum Gasteiger partial charge on any atom is 0.309 e. The van der Waals surface area contributed by atoms with Crippen molar-refractivity contribution in [2.45, 2.75) is 341 Å². The third kappa shape index (κ3) is 45.0. The molecule has 0 aromatic heterocycles. The first-order valence-corrected chi connectivity index (χ1v) is 31.3. The van der Waals surface area contributed by atoms with E-state index in [2.05, 4.69) is 19.1 Å². The summed E-state index contributed by atoms with van der Waals surface area (Å²) in [5.74, 6) is -1.40. The van der Waals surface area contributed by atoms with Crippen molar-refractivity contribution in [2.24, 2.45) is 11.3 Å². The van der Waals surface area contributed by atoms with Gasteiger partial charge in [0.25, 0.3) is 0 Å². The zero-order valence-electron chi connectivity index (χ0n) is 46.4. The Morgan fingerprint density at radius 2 is 0.623 bits per heavy atom. The smallest absolute Gasteiger partial charge is 0.309 e. The Hall–Kier alpha value is -1.40. The number of ether oxygens (including phenoxy) is 2. The van der Waals surface area contributed by atoms with Crippen molar-refractivity contribution in [3.8, 4) is 0 Å². The number of allylic oxidation sites excluding steroid dienone is 2. The number of carbonyl (C=O) groups is 2. The number of rotatable bonds is 54. The van der Waals surface area contributed by atoms with E-state index in [9.17, 15) is 19.8 Å². The first kappa shape index (κ1) is 65.6. The molecule has 1 aliphatic rings. The fourth-order valence-electron chi connectivity index (χ4n) is 10.4. The predicted octanol–water partition coefficient (Wildman–Crippen LogP) is 19.5. The van der Waals surface area contributed by atoms with Crippen molar-refractivity contribution in [3.63, 3.8) is 0 Å². The fourth-order valence-corrected chi connectivity index (χ4v) is 10.4. The van der Waals surface area contributed by atoms with Crippen LogP contribution in [0.4, 0.5) is 0 Å². The quantitative estimate of drug-likeness (QED) is 0.0358. The van der Waals surface area contributed by atoms with Gasteiger partial charge in [0.15, 0.2) is 0 Å². The minimum Gasteiger partial charge on any atom is -0.465 e. The fraction of sp³-hybridized carbons (Fsp3) is 0.937. The molecule has 0 aromatic carbocycles. The molecule has 0 aromatic rings. The average molecular weight is 974 g/mol.